The minimum absolute atomic E-state index is 0.155. The molecule has 10 heteroatoms. The molecule has 0 radical (unpaired) electrons. The number of fused-ring (bicyclic) bond motifs is 1. The summed E-state index contributed by atoms with van der Waals surface area (Å²) in [6, 6.07) is 15.0. The smallest absolute Gasteiger partial charge is 0.263 e. The molecule has 0 spiro atoms. The van der Waals surface area contributed by atoms with Crippen molar-refractivity contribution >= 4 is 22.8 Å². The van der Waals surface area contributed by atoms with Crippen LogP contribution in [0.3, 0.4) is 0 Å². The second-order valence-electron chi connectivity index (χ2n) is 8.59. The highest BCUT2D eigenvalue weighted by atomic mass is 16.5. The highest BCUT2D eigenvalue weighted by Crippen LogP contribution is 2.22. The van der Waals surface area contributed by atoms with E-state index >= 15 is 0 Å². The molecule has 1 amide bonds. The summed E-state index contributed by atoms with van der Waals surface area (Å²) in [6.07, 6.45) is 1.49. The largest absolute Gasteiger partial charge is 0.483 e. The number of hydrogen-bond acceptors (Lipinski definition) is 6. The molecule has 3 heterocycles. The van der Waals surface area contributed by atoms with Gasteiger partial charge in [-0.2, -0.15) is 19.9 Å². The number of benzene rings is 2. The molecule has 0 atom stereocenters. The van der Waals surface area contributed by atoms with Gasteiger partial charge in [0.15, 0.2) is 12.3 Å². The molecule has 0 unspecified atom stereocenters. The second kappa shape index (κ2) is 9.14. The van der Waals surface area contributed by atoms with Crippen LogP contribution >= 0.6 is 0 Å². The molecular weight excluding hydrogens is 458 g/mol. The molecule has 36 heavy (non-hydrogen) atoms. The van der Waals surface area contributed by atoms with Crippen molar-refractivity contribution in [3.05, 3.63) is 87.5 Å². The van der Waals surface area contributed by atoms with Crippen molar-refractivity contribution in [3.63, 3.8) is 0 Å². The molecule has 0 aliphatic carbocycles. The molecule has 0 aliphatic heterocycles. The van der Waals surface area contributed by atoms with E-state index in [1.165, 1.54) is 10.9 Å². The first-order chi connectivity index (χ1) is 17.3. The quantitative estimate of drug-likeness (QED) is 0.381. The van der Waals surface area contributed by atoms with Crippen LogP contribution in [-0.2, 0) is 4.79 Å². The number of anilines is 1. The Labute approximate surface area is 206 Å². The number of rotatable bonds is 6. The molecule has 0 saturated carbocycles. The summed E-state index contributed by atoms with van der Waals surface area (Å²) in [4.78, 5) is 33.0. The fraction of sp³-hybridized carbons (Fsp3) is 0.192. The lowest BCUT2D eigenvalue weighted by molar-refractivity contribution is -0.118. The summed E-state index contributed by atoms with van der Waals surface area (Å²) >= 11 is 0. The zero-order chi connectivity index (χ0) is 25.4. The molecular formula is C26H25N7O3. The highest BCUT2D eigenvalue weighted by molar-refractivity contribution is 5.91. The number of para-hydroxylation sites is 1. The number of ether oxygens (including phenoxy) is 1. The zero-order valence-corrected chi connectivity index (χ0v) is 20.4. The van der Waals surface area contributed by atoms with Crippen molar-refractivity contribution in [3.8, 4) is 17.4 Å². The van der Waals surface area contributed by atoms with Gasteiger partial charge in [-0.3, -0.25) is 14.6 Å². The van der Waals surface area contributed by atoms with E-state index in [0.717, 1.165) is 22.4 Å². The van der Waals surface area contributed by atoms with Gasteiger partial charge in [0.2, 0.25) is 5.95 Å². The molecule has 2 N–H and O–H groups in total. The maximum atomic E-state index is 12.9. The number of carbonyl (C=O) groups excluding carboxylic acids is 1. The third-order valence-corrected chi connectivity index (χ3v) is 5.98. The molecule has 0 saturated heterocycles. The third-order valence-electron chi connectivity index (χ3n) is 5.98. The summed E-state index contributed by atoms with van der Waals surface area (Å²) in [5.74, 6) is 0.769. The van der Waals surface area contributed by atoms with Crippen molar-refractivity contribution in [2.24, 2.45) is 0 Å². The molecule has 2 aromatic carbocycles. The number of aryl methyl sites for hydroxylation is 3. The van der Waals surface area contributed by atoms with Gasteiger partial charge in [-0.05, 0) is 56.5 Å². The minimum atomic E-state index is -0.372. The van der Waals surface area contributed by atoms with E-state index in [1.54, 1.807) is 23.7 Å². The van der Waals surface area contributed by atoms with Gasteiger partial charge >= 0.3 is 0 Å². The molecule has 3 aromatic heterocycles. The fourth-order valence-electron chi connectivity index (χ4n) is 3.94. The topological polar surface area (TPSA) is 120 Å². The van der Waals surface area contributed by atoms with E-state index < -0.39 is 0 Å². The summed E-state index contributed by atoms with van der Waals surface area (Å²) in [5.41, 5.74) is 4.55. The lowest BCUT2D eigenvalue weighted by atomic mass is 10.1. The summed E-state index contributed by atoms with van der Waals surface area (Å²) < 4.78 is 8.68. The van der Waals surface area contributed by atoms with Crippen LogP contribution in [0.5, 0.6) is 5.75 Å². The van der Waals surface area contributed by atoms with Crippen LogP contribution in [-0.4, -0.2) is 42.0 Å². The molecule has 5 rings (SSSR count). The zero-order valence-electron chi connectivity index (χ0n) is 20.4. The molecule has 5 aromatic rings. The molecule has 0 fully saturated rings. The molecule has 182 valence electrons. The lowest BCUT2D eigenvalue weighted by Crippen LogP contribution is -2.23. The number of aromatic amines is 1. The number of carbonyl (C=O) groups is 1. The standard InChI is InChI=1S/C26H25N7O3/c1-15-9-7-10-20(18(15)4)32-24-19(13-27-32)25(35)30-26(29-24)33-22(12-17(3)31-33)28-23(34)14-36-21-11-6-5-8-16(21)2/h5-13H,14H2,1-4H3,(H,28,34)(H,29,30,35). The first-order valence-electron chi connectivity index (χ1n) is 11.4. The summed E-state index contributed by atoms with van der Waals surface area (Å²) in [6.45, 7) is 7.52. The van der Waals surface area contributed by atoms with Crippen LogP contribution in [0.1, 0.15) is 22.4 Å². The molecule has 10 nitrogen and oxygen atoms in total. The normalized spacial score (nSPS) is 11.1. The van der Waals surface area contributed by atoms with Gasteiger partial charge in [0, 0.05) is 6.07 Å². The van der Waals surface area contributed by atoms with Gasteiger partial charge in [-0.1, -0.05) is 30.3 Å². The lowest BCUT2D eigenvalue weighted by Gasteiger charge is -2.11. The van der Waals surface area contributed by atoms with Gasteiger partial charge in [0.05, 0.1) is 17.6 Å². The SMILES string of the molecule is Cc1cc(NC(=O)COc2ccccc2C)n(-c2nc3c(cnn3-c3cccc(C)c3C)c(=O)[nH]2)n1. The van der Waals surface area contributed by atoms with Crippen molar-refractivity contribution in [2.45, 2.75) is 27.7 Å². The van der Waals surface area contributed by atoms with E-state index in [0.29, 0.717) is 28.3 Å². The number of hydrogen-bond donors (Lipinski definition) is 2. The highest BCUT2D eigenvalue weighted by Gasteiger charge is 2.18. The maximum Gasteiger partial charge on any atom is 0.263 e. The maximum absolute atomic E-state index is 12.9. The van der Waals surface area contributed by atoms with E-state index in [9.17, 15) is 9.59 Å². The van der Waals surface area contributed by atoms with Crippen LogP contribution in [0.15, 0.2) is 59.5 Å². The number of aromatic nitrogens is 6. The average molecular weight is 484 g/mol. The van der Waals surface area contributed by atoms with Crippen molar-refractivity contribution < 1.29 is 9.53 Å². The third kappa shape index (κ3) is 4.24. The van der Waals surface area contributed by atoms with Crippen molar-refractivity contribution in [1.82, 2.24) is 29.5 Å². The van der Waals surface area contributed by atoms with Gasteiger partial charge in [-0.15, -0.1) is 0 Å². The van der Waals surface area contributed by atoms with Crippen LogP contribution in [0.4, 0.5) is 5.82 Å². The number of H-pyrrole nitrogens is 1. The van der Waals surface area contributed by atoms with Crippen LogP contribution in [0, 0.1) is 27.7 Å². The average Bonchev–Trinajstić information content (AvgIpc) is 3.44. The monoisotopic (exact) mass is 483 g/mol. The van der Waals surface area contributed by atoms with Gasteiger partial charge in [0.25, 0.3) is 11.5 Å². The number of nitrogens with one attached hydrogen (secondary N) is 2. The van der Waals surface area contributed by atoms with E-state index in [1.807, 2.05) is 57.2 Å². The fourth-order valence-corrected chi connectivity index (χ4v) is 3.94. The predicted molar refractivity (Wildman–Crippen MR) is 136 cm³/mol. The predicted octanol–water partition coefficient (Wildman–Crippen LogP) is 3.55. The van der Waals surface area contributed by atoms with Crippen molar-refractivity contribution in [2.75, 3.05) is 11.9 Å². The Kier molecular flexibility index (Phi) is 5.85. The Balaban J connectivity index is 1.48. The second-order valence-corrected chi connectivity index (χ2v) is 8.59. The Morgan fingerprint density at radius 3 is 2.61 bits per heavy atom. The van der Waals surface area contributed by atoms with Crippen molar-refractivity contribution in [1.29, 1.82) is 0 Å². The Hall–Kier alpha value is -4.73. The number of amides is 1. The van der Waals surface area contributed by atoms with Gasteiger partial charge < -0.3 is 10.1 Å². The first kappa shape index (κ1) is 23.0. The van der Waals surface area contributed by atoms with Crippen LogP contribution < -0.4 is 15.6 Å². The number of nitrogens with zero attached hydrogens (tertiary/aromatic N) is 5. The van der Waals surface area contributed by atoms with E-state index in [4.69, 9.17) is 4.74 Å². The van der Waals surface area contributed by atoms with Gasteiger partial charge in [-0.25, -0.2) is 4.68 Å². The van der Waals surface area contributed by atoms with E-state index in [-0.39, 0.29) is 24.0 Å². The Morgan fingerprint density at radius 1 is 1.03 bits per heavy atom. The summed E-state index contributed by atoms with van der Waals surface area (Å²) in [7, 11) is 0. The first-order valence-corrected chi connectivity index (χ1v) is 11.4. The van der Waals surface area contributed by atoms with Crippen LogP contribution in [0.25, 0.3) is 22.7 Å². The minimum Gasteiger partial charge on any atom is -0.483 e. The van der Waals surface area contributed by atoms with Gasteiger partial charge in [0.1, 0.15) is 17.0 Å². The summed E-state index contributed by atoms with van der Waals surface area (Å²) in [5, 5.41) is 12.0. The molecule has 0 aliphatic rings. The molecule has 0 bridgehead atoms. The van der Waals surface area contributed by atoms with E-state index in [2.05, 4.69) is 25.5 Å². The Morgan fingerprint density at radius 2 is 1.81 bits per heavy atom. The van der Waals surface area contributed by atoms with Crippen LogP contribution in [0.2, 0.25) is 0 Å². The Bertz CT molecular complexity index is 1660.